The minimum Gasteiger partial charge on any atom is -0.378 e. The molecule has 0 bridgehead atoms. The highest BCUT2D eigenvalue weighted by Gasteiger charge is 2.29. The Hall–Kier alpha value is -0.120. The number of rotatable bonds is 5. The van der Waals surface area contributed by atoms with Crippen LogP contribution in [0.15, 0.2) is 0 Å². The summed E-state index contributed by atoms with van der Waals surface area (Å²) < 4.78 is 5.73. The summed E-state index contributed by atoms with van der Waals surface area (Å²) in [6.45, 7) is 10.2. The Kier molecular flexibility index (Phi) is 4.83. The summed E-state index contributed by atoms with van der Waals surface area (Å²) in [7, 11) is 0. The summed E-state index contributed by atoms with van der Waals surface area (Å²) in [5.74, 6) is 0.736. The second-order valence-corrected chi connectivity index (χ2v) is 6.09. The van der Waals surface area contributed by atoms with Gasteiger partial charge in [0.1, 0.15) is 0 Å². The standard InChI is InChI=1S/C14H28N2O/c1-3-13-12(5-8-17-13)9-16-11-14(2)6-4-7-15-10-14/h12-13,15-16H,3-11H2,1-2H3. The molecule has 3 nitrogen and oxygen atoms in total. The molecule has 3 heteroatoms. The van der Waals surface area contributed by atoms with Gasteiger partial charge in [0, 0.05) is 26.2 Å². The molecule has 2 rings (SSSR count). The molecule has 0 spiro atoms. The first kappa shape index (κ1) is 13.3. The van der Waals surface area contributed by atoms with Crippen LogP contribution in [0.1, 0.15) is 39.5 Å². The van der Waals surface area contributed by atoms with Crippen molar-refractivity contribution in [1.29, 1.82) is 0 Å². The summed E-state index contributed by atoms with van der Waals surface area (Å²) in [5.41, 5.74) is 0.458. The van der Waals surface area contributed by atoms with Crippen molar-refractivity contribution >= 4 is 0 Å². The average Bonchev–Trinajstić information content (AvgIpc) is 2.77. The van der Waals surface area contributed by atoms with Crippen molar-refractivity contribution < 1.29 is 4.74 Å². The average molecular weight is 240 g/mol. The van der Waals surface area contributed by atoms with Crippen LogP contribution in [-0.4, -0.2) is 38.9 Å². The van der Waals surface area contributed by atoms with E-state index in [-0.39, 0.29) is 0 Å². The highest BCUT2D eigenvalue weighted by Crippen LogP contribution is 2.26. The van der Waals surface area contributed by atoms with E-state index in [0.29, 0.717) is 11.5 Å². The number of nitrogens with one attached hydrogen (secondary N) is 2. The molecule has 0 radical (unpaired) electrons. The van der Waals surface area contributed by atoms with Crippen molar-refractivity contribution in [2.45, 2.75) is 45.6 Å². The zero-order valence-electron chi connectivity index (χ0n) is 11.4. The van der Waals surface area contributed by atoms with Gasteiger partial charge in [-0.3, -0.25) is 0 Å². The second-order valence-electron chi connectivity index (χ2n) is 6.09. The van der Waals surface area contributed by atoms with Crippen molar-refractivity contribution in [1.82, 2.24) is 10.6 Å². The van der Waals surface area contributed by atoms with Crippen LogP contribution >= 0.6 is 0 Å². The van der Waals surface area contributed by atoms with Gasteiger partial charge in [-0.25, -0.2) is 0 Å². The Morgan fingerprint density at radius 2 is 2.35 bits per heavy atom. The van der Waals surface area contributed by atoms with Crippen molar-refractivity contribution in [3.63, 3.8) is 0 Å². The molecule has 2 aliphatic rings. The highest BCUT2D eigenvalue weighted by atomic mass is 16.5. The molecular weight excluding hydrogens is 212 g/mol. The first-order valence-corrected chi connectivity index (χ1v) is 7.26. The smallest absolute Gasteiger partial charge is 0.0613 e. The lowest BCUT2D eigenvalue weighted by atomic mass is 9.82. The maximum atomic E-state index is 5.73. The van der Waals surface area contributed by atoms with Crippen LogP contribution < -0.4 is 10.6 Å². The van der Waals surface area contributed by atoms with Crippen LogP contribution in [0.2, 0.25) is 0 Å². The van der Waals surface area contributed by atoms with Gasteiger partial charge < -0.3 is 15.4 Å². The van der Waals surface area contributed by atoms with E-state index in [1.54, 1.807) is 0 Å². The van der Waals surface area contributed by atoms with Gasteiger partial charge in [0.25, 0.3) is 0 Å². The van der Waals surface area contributed by atoms with Crippen LogP contribution in [-0.2, 0) is 4.74 Å². The largest absolute Gasteiger partial charge is 0.378 e. The van der Waals surface area contributed by atoms with Crippen LogP contribution in [0.4, 0.5) is 0 Å². The van der Waals surface area contributed by atoms with E-state index in [1.165, 1.54) is 32.4 Å². The Morgan fingerprint density at radius 3 is 3.06 bits per heavy atom. The molecule has 3 unspecified atom stereocenters. The quantitative estimate of drug-likeness (QED) is 0.768. The molecule has 2 heterocycles. The number of ether oxygens (including phenoxy) is 1. The third kappa shape index (κ3) is 3.67. The van der Waals surface area contributed by atoms with Crippen LogP contribution in [0.5, 0.6) is 0 Å². The first-order valence-electron chi connectivity index (χ1n) is 7.26. The number of hydrogen-bond donors (Lipinski definition) is 2. The van der Waals surface area contributed by atoms with Gasteiger partial charge in [-0.1, -0.05) is 13.8 Å². The maximum absolute atomic E-state index is 5.73. The normalized spacial score (nSPS) is 38.5. The molecule has 0 aromatic heterocycles. The van der Waals surface area contributed by atoms with Gasteiger partial charge in [0.05, 0.1) is 6.10 Å². The molecule has 0 amide bonds. The molecule has 2 saturated heterocycles. The summed E-state index contributed by atoms with van der Waals surface area (Å²) in [6, 6.07) is 0. The molecule has 0 aliphatic carbocycles. The SMILES string of the molecule is CCC1OCCC1CNCC1(C)CCCNC1. The first-order chi connectivity index (χ1) is 8.23. The van der Waals surface area contributed by atoms with Gasteiger partial charge >= 0.3 is 0 Å². The van der Waals surface area contributed by atoms with E-state index in [0.717, 1.165) is 32.0 Å². The van der Waals surface area contributed by atoms with Gasteiger partial charge in [-0.15, -0.1) is 0 Å². The molecule has 17 heavy (non-hydrogen) atoms. The summed E-state index contributed by atoms with van der Waals surface area (Å²) in [4.78, 5) is 0. The van der Waals surface area contributed by atoms with E-state index in [9.17, 15) is 0 Å². The minimum absolute atomic E-state index is 0.458. The van der Waals surface area contributed by atoms with Crippen LogP contribution in [0, 0.1) is 11.3 Å². The molecule has 3 atom stereocenters. The predicted molar refractivity (Wildman–Crippen MR) is 71.2 cm³/mol. The Bertz CT molecular complexity index is 226. The fourth-order valence-corrected chi connectivity index (χ4v) is 3.21. The number of piperidine rings is 1. The van der Waals surface area contributed by atoms with Crippen molar-refractivity contribution in [2.24, 2.45) is 11.3 Å². The molecule has 0 aromatic carbocycles. The molecule has 100 valence electrons. The van der Waals surface area contributed by atoms with E-state index in [2.05, 4.69) is 24.5 Å². The fourth-order valence-electron chi connectivity index (χ4n) is 3.21. The van der Waals surface area contributed by atoms with E-state index in [4.69, 9.17) is 4.74 Å². The predicted octanol–water partition coefficient (Wildman–Crippen LogP) is 1.78. The van der Waals surface area contributed by atoms with Gasteiger partial charge in [0.15, 0.2) is 0 Å². The van der Waals surface area contributed by atoms with Crippen molar-refractivity contribution in [3.05, 3.63) is 0 Å². The third-order valence-corrected chi connectivity index (χ3v) is 4.39. The molecular formula is C14H28N2O. The Morgan fingerprint density at radius 1 is 1.47 bits per heavy atom. The zero-order valence-corrected chi connectivity index (χ0v) is 11.4. The molecule has 0 aromatic rings. The zero-order chi connectivity index (χ0) is 12.1. The Balaban J connectivity index is 1.68. The van der Waals surface area contributed by atoms with Gasteiger partial charge in [-0.05, 0) is 43.6 Å². The second kappa shape index (κ2) is 6.17. The lowest BCUT2D eigenvalue weighted by Crippen LogP contribution is -2.45. The number of hydrogen-bond acceptors (Lipinski definition) is 3. The summed E-state index contributed by atoms with van der Waals surface area (Å²) in [5, 5.41) is 7.19. The minimum atomic E-state index is 0.458. The van der Waals surface area contributed by atoms with E-state index >= 15 is 0 Å². The third-order valence-electron chi connectivity index (χ3n) is 4.39. The van der Waals surface area contributed by atoms with Crippen LogP contribution in [0.25, 0.3) is 0 Å². The van der Waals surface area contributed by atoms with Crippen LogP contribution in [0.3, 0.4) is 0 Å². The van der Waals surface area contributed by atoms with Gasteiger partial charge in [0.2, 0.25) is 0 Å². The van der Waals surface area contributed by atoms with E-state index in [1.807, 2.05) is 0 Å². The Labute approximate surface area is 106 Å². The fraction of sp³-hybridized carbons (Fsp3) is 1.00. The van der Waals surface area contributed by atoms with E-state index < -0.39 is 0 Å². The lowest BCUT2D eigenvalue weighted by Gasteiger charge is -2.35. The molecule has 2 fully saturated rings. The molecule has 2 aliphatic heterocycles. The highest BCUT2D eigenvalue weighted by molar-refractivity contribution is 4.84. The van der Waals surface area contributed by atoms with Crippen molar-refractivity contribution in [2.75, 3.05) is 32.8 Å². The summed E-state index contributed by atoms with van der Waals surface area (Å²) >= 11 is 0. The topological polar surface area (TPSA) is 33.3 Å². The summed E-state index contributed by atoms with van der Waals surface area (Å²) in [6.07, 6.45) is 5.57. The maximum Gasteiger partial charge on any atom is 0.0613 e. The van der Waals surface area contributed by atoms with Gasteiger partial charge in [-0.2, -0.15) is 0 Å². The molecule has 2 N–H and O–H groups in total. The van der Waals surface area contributed by atoms with Crippen molar-refractivity contribution in [3.8, 4) is 0 Å². The monoisotopic (exact) mass is 240 g/mol. The lowest BCUT2D eigenvalue weighted by molar-refractivity contribution is 0.0861. The molecule has 0 saturated carbocycles.